The number of fused-ring (bicyclic) bond motifs is 1. The van der Waals surface area contributed by atoms with Crippen LogP contribution in [0.1, 0.15) is 30.5 Å². The van der Waals surface area contributed by atoms with Gasteiger partial charge in [0.2, 0.25) is 11.8 Å². The normalized spacial score (nSPS) is 14.6. The Morgan fingerprint density at radius 1 is 1.12 bits per heavy atom. The molecule has 1 heterocycles. The standard InChI is InChI=1S/C20H22N2O3/c1-20(2)16-10-14(6-9-17(16)22-19(20)24)12-21-18(23)11-13-4-7-15(25-3)8-5-13/h4-10H,11-12H2,1-3H3,(H,21,23)(H,22,24). The topological polar surface area (TPSA) is 67.4 Å². The zero-order valence-corrected chi connectivity index (χ0v) is 14.7. The van der Waals surface area contributed by atoms with E-state index in [9.17, 15) is 9.59 Å². The first-order valence-electron chi connectivity index (χ1n) is 8.24. The van der Waals surface area contributed by atoms with Crippen LogP contribution < -0.4 is 15.4 Å². The molecule has 0 radical (unpaired) electrons. The number of hydrogen-bond acceptors (Lipinski definition) is 3. The lowest BCUT2D eigenvalue weighted by Gasteiger charge is -2.16. The minimum atomic E-state index is -0.543. The van der Waals surface area contributed by atoms with Gasteiger partial charge in [-0.25, -0.2) is 0 Å². The van der Waals surface area contributed by atoms with E-state index in [-0.39, 0.29) is 11.8 Å². The maximum atomic E-state index is 12.1. The molecule has 1 aliphatic rings. The lowest BCUT2D eigenvalue weighted by Crippen LogP contribution is -2.27. The van der Waals surface area contributed by atoms with Gasteiger partial charge in [-0.2, -0.15) is 0 Å². The molecule has 1 aliphatic heterocycles. The molecule has 3 rings (SSSR count). The molecule has 0 atom stereocenters. The summed E-state index contributed by atoms with van der Waals surface area (Å²) in [6.45, 7) is 4.24. The van der Waals surface area contributed by atoms with Gasteiger partial charge in [-0.05, 0) is 48.7 Å². The lowest BCUT2D eigenvalue weighted by molar-refractivity contribution is -0.121. The first kappa shape index (κ1) is 17.0. The van der Waals surface area contributed by atoms with Crippen LogP contribution in [-0.2, 0) is 28.0 Å². The van der Waals surface area contributed by atoms with Gasteiger partial charge in [0.15, 0.2) is 0 Å². The molecule has 0 aromatic heterocycles. The van der Waals surface area contributed by atoms with Crippen LogP contribution >= 0.6 is 0 Å². The maximum absolute atomic E-state index is 12.1. The Balaban J connectivity index is 1.61. The smallest absolute Gasteiger partial charge is 0.234 e. The molecule has 5 heteroatoms. The Morgan fingerprint density at radius 2 is 1.80 bits per heavy atom. The van der Waals surface area contributed by atoms with Gasteiger partial charge in [0.05, 0.1) is 18.9 Å². The van der Waals surface area contributed by atoms with Crippen molar-refractivity contribution in [2.45, 2.75) is 32.2 Å². The Bertz CT molecular complexity index is 810. The highest BCUT2D eigenvalue weighted by molar-refractivity contribution is 6.05. The summed E-state index contributed by atoms with van der Waals surface area (Å²) in [5.74, 6) is 0.732. The van der Waals surface area contributed by atoms with Crippen LogP contribution in [0.5, 0.6) is 5.75 Å². The summed E-state index contributed by atoms with van der Waals surface area (Å²) in [6, 6.07) is 13.3. The summed E-state index contributed by atoms with van der Waals surface area (Å²) in [7, 11) is 1.61. The Labute approximate surface area is 147 Å². The van der Waals surface area contributed by atoms with Crippen LogP contribution in [0.25, 0.3) is 0 Å². The number of amides is 2. The zero-order chi connectivity index (χ0) is 18.0. The van der Waals surface area contributed by atoms with E-state index in [4.69, 9.17) is 4.74 Å². The van der Waals surface area contributed by atoms with E-state index < -0.39 is 5.41 Å². The van der Waals surface area contributed by atoms with Gasteiger partial charge in [0, 0.05) is 12.2 Å². The second-order valence-electron chi connectivity index (χ2n) is 6.76. The molecular formula is C20H22N2O3. The van der Waals surface area contributed by atoms with E-state index in [1.54, 1.807) is 7.11 Å². The van der Waals surface area contributed by atoms with Crippen LogP contribution in [0.3, 0.4) is 0 Å². The number of carbonyl (C=O) groups excluding carboxylic acids is 2. The molecule has 130 valence electrons. The Hall–Kier alpha value is -2.82. The van der Waals surface area contributed by atoms with Crippen molar-refractivity contribution in [3.8, 4) is 5.75 Å². The second-order valence-corrected chi connectivity index (χ2v) is 6.76. The summed E-state index contributed by atoms with van der Waals surface area (Å²) in [5.41, 5.74) is 3.19. The van der Waals surface area contributed by atoms with E-state index in [2.05, 4.69) is 10.6 Å². The molecule has 0 bridgehead atoms. The van der Waals surface area contributed by atoms with E-state index in [0.29, 0.717) is 13.0 Å². The van der Waals surface area contributed by atoms with Gasteiger partial charge in [-0.1, -0.05) is 24.3 Å². The number of anilines is 1. The lowest BCUT2D eigenvalue weighted by atomic mass is 9.85. The number of hydrogen-bond donors (Lipinski definition) is 2. The summed E-state index contributed by atoms with van der Waals surface area (Å²) in [6.07, 6.45) is 0.320. The van der Waals surface area contributed by atoms with Gasteiger partial charge in [0.1, 0.15) is 5.75 Å². The van der Waals surface area contributed by atoms with E-state index >= 15 is 0 Å². The molecule has 0 unspecified atom stereocenters. The SMILES string of the molecule is COc1ccc(CC(=O)NCc2ccc3c(c2)C(C)(C)C(=O)N3)cc1. The first-order chi connectivity index (χ1) is 11.9. The van der Waals surface area contributed by atoms with Gasteiger partial charge in [-0.15, -0.1) is 0 Å². The number of methoxy groups -OCH3 is 1. The first-order valence-corrected chi connectivity index (χ1v) is 8.24. The Kier molecular flexibility index (Phi) is 4.49. The minimum Gasteiger partial charge on any atom is -0.497 e. The number of ether oxygens (including phenoxy) is 1. The van der Waals surface area contributed by atoms with E-state index in [1.807, 2.05) is 56.3 Å². The fraction of sp³-hybridized carbons (Fsp3) is 0.300. The van der Waals surface area contributed by atoms with Crippen LogP contribution in [0.4, 0.5) is 5.69 Å². The highest BCUT2D eigenvalue weighted by Crippen LogP contribution is 2.37. The molecule has 2 N–H and O–H groups in total. The molecule has 0 saturated carbocycles. The van der Waals surface area contributed by atoms with Gasteiger partial charge < -0.3 is 15.4 Å². The second kappa shape index (κ2) is 6.59. The highest BCUT2D eigenvalue weighted by Gasteiger charge is 2.38. The van der Waals surface area contributed by atoms with Crippen molar-refractivity contribution in [2.75, 3.05) is 12.4 Å². The molecule has 2 amide bonds. The van der Waals surface area contributed by atoms with Crippen molar-refractivity contribution in [3.05, 3.63) is 59.2 Å². The van der Waals surface area contributed by atoms with Crippen molar-refractivity contribution in [2.24, 2.45) is 0 Å². The third-order valence-corrected chi connectivity index (χ3v) is 4.59. The molecule has 5 nitrogen and oxygen atoms in total. The van der Waals surface area contributed by atoms with Crippen LogP contribution in [-0.4, -0.2) is 18.9 Å². The van der Waals surface area contributed by atoms with Crippen LogP contribution in [0, 0.1) is 0 Å². The van der Waals surface area contributed by atoms with Crippen molar-refractivity contribution in [1.82, 2.24) is 5.32 Å². The molecule has 0 fully saturated rings. The van der Waals surface area contributed by atoms with Crippen LogP contribution in [0.15, 0.2) is 42.5 Å². The van der Waals surface area contributed by atoms with E-state index in [0.717, 1.165) is 28.1 Å². The molecular weight excluding hydrogens is 316 g/mol. The van der Waals surface area contributed by atoms with Gasteiger partial charge in [-0.3, -0.25) is 9.59 Å². The average molecular weight is 338 g/mol. The van der Waals surface area contributed by atoms with Gasteiger partial charge in [0.25, 0.3) is 0 Å². The molecule has 2 aromatic carbocycles. The monoisotopic (exact) mass is 338 g/mol. The predicted octanol–water partition coefficient (Wildman–Crippen LogP) is 2.78. The summed E-state index contributed by atoms with van der Waals surface area (Å²) in [5, 5.41) is 5.82. The summed E-state index contributed by atoms with van der Waals surface area (Å²) >= 11 is 0. The fourth-order valence-corrected chi connectivity index (χ4v) is 2.92. The quantitative estimate of drug-likeness (QED) is 0.881. The van der Waals surface area contributed by atoms with Crippen LogP contribution in [0.2, 0.25) is 0 Å². The molecule has 0 saturated heterocycles. The molecule has 0 aliphatic carbocycles. The highest BCUT2D eigenvalue weighted by atomic mass is 16.5. The number of rotatable bonds is 5. The third-order valence-electron chi connectivity index (χ3n) is 4.59. The van der Waals surface area contributed by atoms with Crippen molar-refractivity contribution >= 4 is 17.5 Å². The summed E-state index contributed by atoms with van der Waals surface area (Å²) < 4.78 is 5.11. The van der Waals surface area contributed by atoms with E-state index in [1.165, 1.54) is 0 Å². The number of benzene rings is 2. The van der Waals surface area contributed by atoms with Gasteiger partial charge >= 0.3 is 0 Å². The molecule has 0 spiro atoms. The predicted molar refractivity (Wildman–Crippen MR) is 96.6 cm³/mol. The summed E-state index contributed by atoms with van der Waals surface area (Å²) in [4.78, 5) is 24.1. The Morgan fingerprint density at radius 3 is 2.48 bits per heavy atom. The van der Waals surface area contributed by atoms with Crippen molar-refractivity contribution in [1.29, 1.82) is 0 Å². The number of carbonyl (C=O) groups is 2. The van der Waals surface area contributed by atoms with Crippen molar-refractivity contribution < 1.29 is 14.3 Å². The number of nitrogens with one attached hydrogen (secondary N) is 2. The zero-order valence-electron chi connectivity index (χ0n) is 14.7. The third kappa shape index (κ3) is 3.50. The largest absolute Gasteiger partial charge is 0.497 e. The average Bonchev–Trinajstić information content (AvgIpc) is 2.83. The fourth-order valence-electron chi connectivity index (χ4n) is 2.92. The van der Waals surface area contributed by atoms with Crippen molar-refractivity contribution in [3.63, 3.8) is 0 Å². The molecule has 25 heavy (non-hydrogen) atoms. The molecule has 2 aromatic rings. The minimum absolute atomic E-state index is 0.00295. The maximum Gasteiger partial charge on any atom is 0.234 e.